The molecule has 16 heavy (non-hydrogen) atoms. The summed E-state index contributed by atoms with van der Waals surface area (Å²) in [6, 6.07) is 0. The Morgan fingerprint density at radius 3 is 2.94 bits per heavy atom. The van der Waals surface area contributed by atoms with Gasteiger partial charge in [-0.05, 0) is 12.8 Å². The Hall–Kier alpha value is -0.810. The predicted molar refractivity (Wildman–Crippen MR) is 61.6 cm³/mol. The molecule has 0 saturated carbocycles. The first kappa shape index (κ1) is 13.3. The van der Waals surface area contributed by atoms with Crippen LogP contribution in [0.1, 0.15) is 26.7 Å². The van der Waals surface area contributed by atoms with Crippen molar-refractivity contribution in [1.82, 2.24) is 0 Å². The minimum absolute atomic E-state index is 0.250. The summed E-state index contributed by atoms with van der Waals surface area (Å²) < 4.78 is 10.8. The lowest BCUT2D eigenvalue weighted by Gasteiger charge is -2.22. The first-order valence-electron chi connectivity index (χ1n) is 5.70. The number of oxime groups is 1. The molecule has 0 bridgehead atoms. The molecular weight excluding hydrogens is 208 g/mol. The Kier molecular flexibility index (Phi) is 5.02. The highest BCUT2D eigenvalue weighted by Gasteiger charge is 2.23. The predicted octanol–water partition coefficient (Wildman–Crippen LogP) is 1.20. The van der Waals surface area contributed by atoms with E-state index in [1.165, 1.54) is 0 Å². The smallest absolute Gasteiger partial charge is 0.144 e. The maximum atomic E-state index is 8.61. The number of hydrogen-bond donors (Lipinski definition) is 2. The molecule has 0 aliphatic carbocycles. The fraction of sp³-hybridized carbons (Fsp3) is 0.909. The standard InChI is InChI=1S/C11H22N2O3/c1-11(2,10(12)13-14)4-6-16-8-9-3-5-15-7-9/h9,14H,3-8H2,1-2H3,(H2,12,13). The lowest BCUT2D eigenvalue weighted by molar-refractivity contribution is 0.0782. The number of nitrogens with zero attached hydrogens (tertiary/aromatic N) is 1. The molecule has 1 fully saturated rings. The molecule has 0 amide bonds. The third kappa shape index (κ3) is 3.98. The molecule has 0 radical (unpaired) electrons. The Labute approximate surface area is 96.6 Å². The van der Waals surface area contributed by atoms with E-state index in [1.54, 1.807) is 0 Å². The maximum Gasteiger partial charge on any atom is 0.144 e. The fourth-order valence-corrected chi connectivity index (χ4v) is 1.56. The monoisotopic (exact) mass is 230 g/mol. The third-order valence-electron chi connectivity index (χ3n) is 3.05. The summed E-state index contributed by atoms with van der Waals surface area (Å²) in [7, 11) is 0. The second kappa shape index (κ2) is 6.06. The zero-order chi connectivity index (χ0) is 12.0. The number of ether oxygens (including phenoxy) is 2. The van der Waals surface area contributed by atoms with Crippen molar-refractivity contribution in [3.05, 3.63) is 0 Å². The zero-order valence-electron chi connectivity index (χ0n) is 10.1. The molecule has 1 unspecified atom stereocenters. The number of nitrogens with two attached hydrogens (primary N) is 1. The van der Waals surface area contributed by atoms with Gasteiger partial charge in [0, 0.05) is 24.5 Å². The molecule has 1 aliphatic heterocycles. The van der Waals surface area contributed by atoms with Gasteiger partial charge in [0.1, 0.15) is 5.84 Å². The average molecular weight is 230 g/mol. The summed E-state index contributed by atoms with van der Waals surface area (Å²) >= 11 is 0. The van der Waals surface area contributed by atoms with Crippen molar-refractivity contribution in [3.8, 4) is 0 Å². The third-order valence-corrected chi connectivity index (χ3v) is 3.05. The first-order chi connectivity index (χ1) is 7.56. The van der Waals surface area contributed by atoms with Gasteiger partial charge in [-0.1, -0.05) is 19.0 Å². The summed E-state index contributed by atoms with van der Waals surface area (Å²) in [6.45, 7) is 6.90. The second-order valence-electron chi connectivity index (χ2n) is 4.92. The van der Waals surface area contributed by atoms with E-state index in [2.05, 4.69) is 5.16 Å². The van der Waals surface area contributed by atoms with E-state index < -0.39 is 0 Å². The molecule has 0 aromatic heterocycles. The number of amidine groups is 1. The molecule has 3 N–H and O–H groups in total. The summed E-state index contributed by atoms with van der Waals surface area (Å²) in [5.74, 6) is 0.785. The maximum absolute atomic E-state index is 8.61. The van der Waals surface area contributed by atoms with Gasteiger partial charge in [0.25, 0.3) is 0 Å². The fourth-order valence-electron chi connectivity index (χ4n) is 1.56. The molecule has 1 rings (SSSR count). The molecule has 1 aliphatic rings. The quantitative estimate of drug-likeness (QED) is 0.236. The van der Waals surface area contributed by atoms with Crippen LogP contribution in [0.2, 0.25) is 0 Å². The molecule has 1 heterocycles. The van der Waals surface area contributed by atoms with Crippen LogP contribution in [0, 0.1) is 11.3 Å². The van der Waals surface area contributed by atoms with Crippen LogP contribution >= 0.6 is 0 Å². The van der Waals surface area contributed by atoms with Gasteiger partial charge in [0.2, 0.25) is 0 Å². The summed E-state index contributed by atoms with van der Waals surface area (Å²) in [5, 5.41) is 11.6. The average Bonchev–Trinajstić information content (AvgIpc) is 2.76. The van der Waals surface area contributed by atoms with Crippen molar-refractivity contribution in [2.45, 2.75) is 26.7 Å². The topological polar surface area (TPSA) is 77.1 Å². The Balaban J connectivity index is 2.14. The molecular formula is C11H22N2O3. The van der Waals surface area contributed by atoms with Crippen molar-refractivity contribution in [2.75, 3.05) is 26.4 Å². The van der Waals surface area contributed by atoms with Crippen LogP contribution in [0.25, 0.3) is 0 Å². The van der Waals surface area contributed by atoms with E-state index in [9.17, 15) is 0 Å². The van der Waals surface area contributed by atoms with Crippen LogP contribution in [0.4, 0.5) is 0 Å². The lowest BCUT2D eigenvalue weighted by Crippen LogP contribution is -2.33. The highest BCUT2D eigenvalue weighted by molar-refractivity contribution is 5.85. The highest BCUT2D eigenvalue weighted by atomic mass is 16.5. The van der Waals surface area contributed by atoms with E-state index >= 15 is 0 Å². The van der Waals surface area contributed by atoms with E-state index in [-0.39, 0.29) is 11.3 Å². The zero-order valence-corrected chi connectivity index (χ0v) is 10.1. The van der Waals surface area contributed by atoms with Crippen molar-refractivity contribution in [1.29, 1.82) is 0 Å². The summed E-state index contributed by atoms with van der Waals surface area (Å²) in [6.07, 6.45) is 1.83. The van der Waals surface area contributed by atoms with E-state index in [0.29, 0.717) is 12.5 Å². The van der Waals surface area contributed by atoms with Crippen molar-refractivity contribution in [3.63, 3.8) is 0 Å². The SMILES string of the molecule is CC(C)(CCOCC1CCOC1)C(N)=NO. The van der Waals surface area contributed by atoms with Gasteiger partial charge in [0.05, 0.1) is 13.2 Å². The molecule has 0 spiro atoms. The van der Waals surface area contributed by atoms with E-state index in [0.717, 1.165) is 32.7 Å². The second-order valence-corrected chi connectivity index (χ2v) is 4.92. The van der Waals surface area contributed by atoms with E-state index in [4.69, 9.17) is 20.4 Å². The van der Waals surface area contributed by atoms with E-state index in [1.807, 2.05) is 13.8 Å². The minimum Gasteiger partial charge on any atom is -0.409 e. The van der Waals surface area contributed by atoms with Gasteiger partial charge in [0.15, 0.2) is 0 Å². The molecule has 94 valence electrons. The molecule has 1 atom stereocenters. The van der Waals surface area contributed by atoms with Crippen LogP contribution < -0.4 is 5.73 Å². The molecule has 5 nitrogen and oxygen atoms in total. The van der Waals surface area contributed by atoms with Crippen LogP contribution in [0.5, 0.6) is 0 Å². The van der Waals surface area contributed by atoms with Gasteiger partial charge in [-0.15, -0.1) is 0 Å². The molecule has 0 aromatic carbocycles. The van der Waals surface area contributed by atoms with Crippen LogP contribution in [0.3, 0.4) is 0 Å². The van der Waals surface area contributed by atoms with Crippen LogP contribution in [-0.2, 0) is 9.47 Å². The summed E-state index contributed by atoms with van der Waals surface area (Å²) in [4.78, 5) is 0. The number of rotatable bonds is 6. The van der Waals surface area contributed by atoms with Crippen LogP contribution in [0.15, 0.2) is 5.16 Å². The van der Waals surface area contributed by atoms with Gasteiger partial charge in [-0.2, -0.15) is 0 Å². The van der Waals surface area contributed by atoms with Crippen molar-refractivity contribution in [2.24, 2.45) is 22.2 Å². The van der Waals surface area contributed by atoms with Gasteiger partial charge in [-0.3, -0.25) is 0 Å². The van der Waals surface area contributed by atoms with Crippen LogP contribution in [-0.4, -0.2) is 37.5 Å². The van der Waals surface area contributed by atoms with Crippen molar-refractivity contribution < 1.29 is 14.7 Å². The number of hydrogen-bond acceptors (Lipinski definition) is 4. The molecule has 0 aromatic rings. The Morgan fingerprint density at radius 2 is 2.38 bits per heavy atom. The molecule has 1 saturated heterocycles. The van der Waals surface area contributed by atoms with Crippen molar-refractivity contribution >= 4 is 5.84 Å². The minimum atomic E-state index is -0.319. The summed E-state index contributed by atoms with van der Waals surface area (Å²) in [5.41, 5.74) is 5.26. The van der Waals surface area contributed by atoms with Gasteiger partial charge in [-0.25, -0.2) is 0 Å². The normalized spacial score (nSPS) is 22.6. The lowest BCUT2D eigenvalue weighted by atomic mass is 9.88. The van der Waals surface area contributed by atoms with Gasteiger partial charge >= 0.3 is 0 Å². The molecule has 5 heteroatoms. The Bertz CT molecular complexity index is 235. The highest BCUT2D eigenvalue weighted by Crippen LogP contribution is 2.20. The van der Waals surface area contributed by atoms with Gasteiger partial charge < -0.3 is 20.4 Å². The largest absolute Gasteiger partial charge is 0.409 e. The Morgan fingerprint density at radius 1 is 1.62 bits per heavy atom. The first-order valence-corrected chi connectivity index (χ1v) is 5.70.